The number of hydrogen-bond donors (Lipinski definition) is 2. The number of aliphatic hydroxyl groups excluding tert-OH is 1. The van der Waals surface area contributed by atoms with Gasteiger partial charge in [-0.3, -0.25) is 5.32 Å². The molecule has 1 aromatic heterocycles. The Kier molecular flexibility index (Phi) is 5.84. The molecule has 0 atom stereocenters. The third kappa shape index (κ3) is 4.16. The van der Waals surface area contributed by atoms with Crippen molar-refractivity contribution in [1.29, 1.82) is 0 Å². The Bertz CT molecular complexity index is 828. The molecule has 0 bridgehead atoms. The maximum atomic E-state index is 12.3. The average molecular weight is 407 g/mol. The van der Waals surface area contributed by atoms with Crippen molar-refractivity contribution in [3.05, 3.63) is 12.1 Å². The Morgan fingerprint density at radius 1 is 1.29 bits per heavy atom. The second-order valence-electron chi connectivity index (χ2n) is 7.04. The number of ether oxygens (including phenoxy) is 3. The lowest BCUT2D eigenvalue weighted by atomic mass is 9.95. The minimum atomic E-state index is -0.507. The number of rotatable bonds is 4. The van der Waals surface area contributed by atoms with Gasteiger partial charge < -0.3 is 24.2 Å². The predicted octanol–water partition coefficient (Wildman–Crippen LogP) is 2.99. The van der Waals surface area contributed by atoms with E-state index in [0.717, 1.165) is 29.0 Å². The van der Waals surface area contributed by atoms with Crippen molar-refractivity contribution >= 4 is 38.5 Å². The summed E-state index contributed by atoms with van der Waals surface area (Å²) < 4.78 is 17.4. The van der Waals surface area contributed by atoms with Crippen LogP contribution in [0.5, 0.6) is 5.75 Å². The number of aliphatic hydroxyl groups is 1. The first-order chi connectivity index (χ1) is 13.6. The van der Waals surface area contributed by atoms with Gasteiger partial charge in [0.25, 0.3) is 0 Å². The summed E-state index contributed by atoms with van der Waals surface area (Å²) in [6.07, 6.45) is 1.76. The van der Waals surface area contributed by atoms with E-state index < -0.39 is 6.09 Å². The third-order valence-electron chi connectivity index (χ3n) is 5.18. The minimum Gasteiger partial charge on any atom is -0.494 e. The van der Waals surface area contributed by atoms with E-state index in [1.165, 1.54) is 11.3 Å². The number of morpholine rings is 1. The number of aromatic nitrogens is 1. The van der Waals surface area contributed by atoms with Crippen LogP contribution in [0.2, 0.25) is 0 Å². The number of thiazole rings is 1. The molecule has 0 spiro atoms. The predicted molar refractivity (Wildman–Crippen MR) is 108 cm³/mol. The summed E-state index contributed by atoms with van der Waals surface area (Å²) in [5, 5.41) is 12.8. The maximum Gasteiger partial charge on any atom is 0.413 e. The fourth-order valence-electron chi connectivity index (χ4n) is 3.67. The third-order valence-corrected chi connectivity index (χ3v) is 6.18. The van der Waals surface area contributed by atoms with E-state index in [9.17, 15) is 9.90 Å². The van der Waals surface area contributed by atoms with E-state index >= 15 is 0 Å². The summed E-state index contributed by atoms with van der Waals surface area (Å²) in [5.74, 6) is 0.672. The molecule has 4 rings (SSSR count). The smallest absolute Gasteiger partial charge is 0.413 e. The Hall–Kier alpha value is -2.10. The van der Waals surface area contributed by atoms with E-state index in [4.69, 9.17) is 14.2 Å². The topological polar surface area (TPSA) is 93.2 Å². The zero-order valence-corrected chi connectivity index (χ0v) is 16.7. The van der Waals surface area contributed by atoms with Crippen LogP contribution in [0.25, 0.3) is 10.2 Å². The highest BCUT2D eigenvalue weighted by Gasteiger charge is 2.24. The van der Waals surface area contributed by atoms with Crippen LogP contribution in [0.3, 0.4) is 0 Å². The Labute approximate surface area is 167 Å². The van der Waals surface area contributed by atoms with Crippen LogP contribution in [0.4, 0.5) is 15.6 Å². The standard InChI is InChI=1S/C19H25N3O5S/c1-25-15-7-6-14(22-8-10-26-11-9-22)17-16(15)20-18(28-17)21-19(24)27-13-4-2-12(23)3-5-13/h6-7,12-13,23H,2-5,8-11H2,1H3,(H,20,21,24). The van der Waals surface area contributed by atoms with Crippen molar-refractivity contribution in [3.8, 4) is 5.75 Å². The van der Waals surface area contributed by atoms with Crippen molar-refractivity contribution < 1.29 is 24.1 Å². The molecule has 0 radical (unpaired) electrons. The molecule has 1 aliphatic carbocycles. The molecule has 1 saturated heterocycles. The van der Waals surface area contributed by atoms with Gasteiger partial charge in [-0.05, 0) is 37.8 Å². The van der Waals surface area contributed by atoms with E-state index in [1.54, 1.807) is 7.11 Å². The van der Waals surface area contributed by atoms with Gasteiger partial charge in [0.1, 0.15) is 17.4 Å². The number of benzene rings is 1. The van der Waals surface area contributed by atoms with Crippen molar-refractivity contribution in [1.82, 2.24) is 4.98 Å². The average Bonchev–Trinajstić information content (AvgIpc) is 3.13. The molecule has 9 heteroatoms. The molecule has 2 heterocycles. The lowest BCUT2D eigenvalue weighted by Gasteiger charge is -2.29. The van der Waals surface area contributed by atoms with Gasteiger partial charge in [0, 0.05) is 13.1 Å². The van der Waals surface area contributed by atoms with Gasteiger partial charge in [0.05, 0.1) is 36.8 Å². The number of hydrogen-bond acceptors (Lipinski definition) is 8. The van der Waals surface area contributed by atoms with Gasteiger partial charge in [0.15, 0.2) is 5.13 Å². The van der Waals surface area contributed by atoms with Gasteiger partial charge in [-0.2, -0.15) is 0 Å². The first kappa shape index (κ1) is 19.2. The summed E-state index contributed by atoms with van der Waals surface area (Å²) in [4.78, 5) is 19.1. The Morgan fingerprint density at radius 2 is 2.04 bits per heavy atom. The molecule has 0 unspecified atom stereocenters. The first-order valence-corrected chi connectivity index (χ1v) is 10.4. The summed E-state index contributed by atoms with van der Waals surface area (Å²) in [6, 6.07) is 3.93. The zero-order chi connectivity index (χ0) is 19.5. The van der Waals surface area contributed by atoms with Crippen LogP contribution in [-0.4, -0.2) is 61.8 Å². The van der Waals surface area contributed by atoms with E-state index in [0.29, 0.717) is 49.8 Å². The molecule has 2 N–H and O–H groups in total. The van der Waals surface area contributed by atoms with Crippen molar-refractivity contribution in [2.45, 2.75) is 37.9 Å². The number of carbonyl (C=O) groups excluding carboxylic acids is 1. The highest BCUT2D eigenvalue weighted by atomic mass is 32.1. The fraction of sp³-hybridized carbons (Fsp3) is 0.579. The van der Waals surface area contributed by atoms with Crippen molar-refractivity contribution in [3.63, 3.8) is 0 Å². The molecular weight excluding hydrogens is 382 g/mol. The summed E-state index contributed by atoms with van der Waals surface area (Å²) >= 11 is 1.41. The van der Waals surface area contributed by atoms with Crippen molar-refractivity contribution in [2.24, 2.45) is 0 Å². The van der Waals surface area contributed by atoms with Crippen LogP contribution in [0.1, 0.15) is 25.7 Å². The highest BCUT2D eigenvalue weighted by Crippen LogP contribution is 2.39. The molecule has 28 heavy (non-hydrogen) atoms. The zero-order valence-electron chi connectivity index (χ0n) is 15.8. The Morgan fingerprint density at radius 3 is 2.75 bits per heavy atom. The van der Waals surface area contributed by atoms with Crippen molar-refractivity contribution in [2.75, 3.05) is 43.6 Å². The van der Waals surface area contributed by atoms with Crippen LogP contribution in [0.15, 0.2) is 12.1 Å². The SMILES string of the molecule is COc1ccc(N2CCOCC2)c2sc(NC(=O)OC3CCC(O)CC3)nc12. The van der Waals surface area contributed by atoms with Gasteiger partial charge in [-0.1, -0.05) is 11.3 Å². The maximum absolute atomic E-state index is 12.3. The van der Waals surface area contributed by atoms with E-state index in [1.807, 2.05) is 12.1 Å². The molecular formula is C19H25N3O5S. The van der Waals surface area contributed by atoms with E-state index in [2.05, 4.69) is 15.2 Å². The van der Waals surface area contributed by atoms with Crippen LogP contribution in [0, 0.1) is 0 Å². The lowest BCUT2D eigenvalue weighted by Crippen LogP contribution is -2.36. The summed E-state index contributed by atoms with van der Waals surface area (Å²) in [7, 11) is 1.61. The molecule has 8 nitrogen and oxygen atoms in total. The van der Waals surface area contributed by atoms with Gasteiger partial charge in [-0.25, -0.2) is 9.78 Å². The van der Waals surface area contributed by atoms with Crippen LogP contribution >= 0.6 is 11.3 Å². The monoisotopic (exact) mass is 407 g/mol. The van der Waals surface area contributed by atoms with Gasteiger partial charge in [0.2, 0.25) is 0 Å². The summed E-state index contributed by atoms with van der Waals surface area (Å²) in [6.45, 7) is 3.02. The Balaban J connectivity index is 1.52. The molecule has 2 fully saturated rings. The second kappa shape index (κ2) is 8.50. The molecule has 152 valence electrons. The van der Waals surface area contributed by atoms with Gasteiger partial charge in [-0.15, -0.1) is 0 Å². The lowest BCUT2D eigenvalue weighted by molar-refractivity contribution is 0.0401. The number of methoxy groups -OCH3 is 1. The molecule has 1 amide bonds. The number of nitrogens with zero attached hydrogens (tertiary/aromatic N) is 2. The van der Waals surface area contributed by atoms with Crippen LogP contribution < -0.4 is 15.0 Å². The molecule has 1 saturated carbocycles. The molecule has 2 aliphatic rings. The number of anilines is 2. The number of amides is 1. The largest absolute Gasteiger partial charge is 0.494 e. The second-order valence-corrected chi connectivity index (χ2v) is 8.04. The number of nitrogens with one attached hydrogen (secondary N) is 1. The quantitative estimate of drug-likeness (QED) is 0.805. The minimum absolute atomic E-state index is 0.156. The molecule has 1 aromatic carbocycles. The first-order valence-electron chi connectivity index (χ1n) is 9.60. The number of carbonyl (C=O) groups is 1. The number of fused-ring (bicyclic) bond motifs is 1. The molecule has 1 aliphatic heterocycles. The fourth-order valence-corrected chi connectivity index (χ4v) is 4.68. The van der Waals surface area contributed by atoms with E-state index in [-0.39, 0.29) is 12.2 Å². The normalized spacial score (nSPS) is 22.9. The van der Waals surface area contributed by atoms with Gasteiger partial charge >= 0.3 is 6.09 Å². The molecule has 2 aromatic rings. The summed E-state index contributed by atoms with van der Waals surface area (Å²) in [5.41, 5.74) is 1.80. The highest BCUT2D eigenvalue weighted by molar-refractivity contribution is 7.23. The van der Waals surface area contributed by atoms with Crippen LogP contribution in [-0.2, 0) is 9.47 Å².